The summed E-state index contributed by atoms with van der Waals surface area (Å²) in [5.74, 6) is -0.359. The smallest absolute Gasteiger partial charge is 0.258 e. The molecule has 1 amide bonds. The molecule has 0 spiro atoms. The summed E-state index contributed by atoms with van der Waals surface area (Å²) in [6.45, 7) is 7.36. The number of halogens is 2. The molecule has 0 aliphatic heterocycles. The molecule has 1 N–H and O–H groups in total. The normalized spacial score (nSPS) is 12.7. The molecule has 1 aromatic carbocycles. The Morgan fingerprint density at radius 3 is 2.35 bits per heavy atom. The molecule has 0 bridgehead atoms. The third-order valence-electron chi connectivity index (χ3n) is 2.76. The quantitative estimate of drug-likeness (QED) is 0.601. The van der Waals surface area contributed by atoms with Crippen molar-refractivity contribution in [1.82, 2.24) is 0 Å². The minimum absolute atomic E-state index is 0.213. The maximum Gasteiger partial charge on any atom is 0.258 e. The molecule has 0 aromatic heterocycles. The number of allylic oxidation sites excluding steroid dienone is 3. The van der Waals surface area contributed by atoms with Crippen molar-refractivity contribution >= 4 is 34.8 Å². The average molecular weight is 310 g/mol. The fourth-order valence-corrected chi connectivity index (χ4v) is 2.02. The van der Waals surface area contributed by atoms with E-state index in [1.54, 1.807) is 13.0 Å². The predicted octanol–water partition coefficient (Wildman–Crippen LogP) is 5.01. The lowest BCUT2D eigenvalue weighted by molar-refractivity contribution is -0.112. The second-order valence-electron chi connectivity index (χ2n) is 4.07. The monoisotopic (exact) mass is 309 g/mol. The van der Waals surface area contributed by atoms with Gasteiger partial charge in [0.15, 0.2) is 0 Å². The number of anilines is 1. The van der Waals surface area contributed by atoms with E-state index in [9.17, 15) is 4.79 Å². The van der Waals surface area contributed by atoms with E-state index in [0.29, 0.717) is 5.69 Å². The van der Waals surface area contributed by atoms with Gasteiger partial charge in [-0.05, 0) is 37.1 Å². The predicted molar refractivity (Wildman–Crippen MR) is 87.1 cm³/mol. The summed E-state index contributed by atoms with van der Waals surface area (Å²) in [5.41, 5.74) is 2.11. The Morgan fingerprint density at radius 1 is 1.30 bits per heavy atom. The molecule has 1 aromatic rings. The lowest BCUT2D eigenvalue weighted by Crippen LogP contribution is -2.15. The van der Waals surface area contributed by atoms with Gasteiger partial charge in [0, 0.05) is 5.69 Å². The lowest BCUT2D eigenvalue weighted by atomic mass is 10.1. The van der Waals surface area contributed by atoms with Gasteiger partial charge in [-0.1, -0.05) is 54.9 Å². The van der Waals surface area contributed by atoms with Crippen molar-refractivity contribution in [3.05, 3.63) is 64.2 Å². The van der Waals surface area contributed by atoms with Crippen LogP contribution >= 0.6 is 23.2 Å². The molecule has 0 fully saturated rings. The third-order valence-corrected chi connectivity index (χ3v) is 3.51. The molecule has 0 unspecified atom stereocenters. The van der Waals surface area contributed by atoms with E-state index >= 15 is 0 Å². The van der Waals surface area contributed by atoms with Crippen LogP contribution in [-0.4, -0.2) is 5.91 Å². The molecule has 0 aliphatic rings. The first-order valence-corrected chi connectivity index (χ1v) is 7.03. The van der Waals surface area contributed by atoms with Crippen molar-refractivity contribution in [2.45, 2.75) is 20.3 Å². The van der Waals surface area contributed by atoms with Crippen LogP contribution in [0.3, 0.4) is 0 Å². The Kier molecular flexibility index (Phi) is 6.56. The molecule has 0 aliphatic carbocycles. The van der Waals surface area contributed by atoms with Crippen molar-refractivity contribution < 1.29 is 4.79 Å². The van der Waals surface area contributed by atoms with Crippen LogP contribution in [-0.2, 0) is 11.2 Å². The van der Waals surface area contributed by atoms with E-state index in [2.05, 4.69) is 18.8 Å². The standard InChI is InChI=1S/C16H17Cl2NO/c1-4-11-7-9-12(10-8-11)19-16(20)15(13(17)5-2)14(18)6-3/h5-10H,2,4H2,1,3H3,(H,19,20)/b14-6+,15-13-. The summed E-state index contributed by atoms with van der Waals surface area (Å²) in [7, 11) is 0. The zero-order valence-electron chi connectivity index (χ0n) is 11.5. The van der Waals surface area contributed by atoms with Gasteiger partial charge in [-0.25, -0.2) is 0 Å². The zero-order valence-corrected chi connectivity index (χ0v) is 13.1. The number of aryl methyl sites for hydroxylation is 1. The number of hydrogen-bond acceptors (Lipinski definition) is 1. The third kappa shape index (κ3) is 4.26. The maximum atomic E-state index is 12.2. The highest BCUT2D eigenvalue weighted by Gasteiger charge is 2.16. The second-order valence-corrected chi connectivity index (χ2v) is 4.88. The van der Waals surface area contributed by atoms with Gasteiger partial charge in [-0.15, -0.1) is 0 Å². The SMILES string of the molecule is C=C/C(Cl)=C(C(=O)Nc1ccc(CC)cc1)\C(Cl)=C/C. The van der Waals surface area contributed by atoms with Crippen molar-refractivity contribution in [2.75, 3.05) is 5.32 Å². The first kappa shape index (κ1) is 16.5. The highest BCUT2D eigenvalue weighted by Crippen LogP contribution is 2.24. The molecule has 0 saturated carbocycles. The molecule has 106 valence electrons. The first-order valence-electron chi connectivity index (χ1n) is 6.28. The van der Waals surface area contributed by atoms with E-state index in [1.165, 1.54) is 11.6 Å². The molecule has 0 heterocycles. The van der Waals surface area contributed by atoms with E-state index in [-0.39, 0.29) is 21.5 Å². The fraction of sp³-hybridized carbons (Fsp3) is 0.188. The van der Waals surface area contributed by atoms with Crippen molar-refractivity contribution in [1.29, 1.82) is 0 Å². The maximum absolute atomic E-state index is 12.2. The number of benzene rings is 1. The number of hydrogen-bond donors (Lipinski definition) is 1. The minimum atomic E-state index is -0.359. The Hall–Kier alpha value is -1.51. The summed E-state index contributed by atoms with van der Waals surface area (Å²) in [5, 5.41) is 3.28. The average Bonchev–Trinajstić information content (AvgIpc) is 2.47. The Labute approximate surface area is 129 Å². The summed E-state index contributed by atoms with van der Waals surface area (Å²) < 4.78 is 0. The molecule has 4 heteroatoms. The van der Waals surface area contributed by atoms with Crippen LogP contribution in [0, 0.1) is 0 Å². The van der Waals surface area contributed by atoms with E-state index in [0.717, 1.165) is 6.42 Å². The lowest BCUT2D eigenvalue weighted by Gasteiger charge is -2.10. The molecule has 1 rings (SSSR count). The molecule has 2 nitrogen and oxygen atoms in total. The van der Waals surface area contributed by atoms with Crippen LogP contribution in [0.25, 0.3) is 0 Å². The Bertz CT molecular complexity index is 556. The van der Waals surface area contributed by atoms with Gasteiger partial charge in [0.25, 0.3) is 5.91 Å². The second kappa shape index (κ2) is 7.93. The molecule has 0 saturated heterocycles. The van der Waals surface area contributed by atoms with Crippen LogP contribution in [0.4, 0.5) is 5.69 Å². The Morgan fingerprint density at radius 2 is 1.90 bits per heavy atom. The first-order chi connectivity index (χ1) is 9.53. The van der Waals surface area contributed by atoms with Crippen molar-refractivity contribution in [2.24, 2.45) is 0 Å². The molecular formula is C16H17Cl2NO. The van der Waals surface area contributed by atoms with Crippen LogP contribution < -0.4 is 5.32 Å². The van der Waals surface area contributed by atoms with Gasteiger partial charge in [-0.2, -0.15) is 0 Å². The number of nitrogens with one attached hydrogen (secondary N) is 1. The van der Waals surface area contributed by atoms with Crippen LogP contribution in [0.2, 0.25) is 0 Å². The van der Waals surface area contributed by atoms with Gasteiger partial charge in [0.2, 0.25) is 0 Å². The van der Waals surface area contributed by atoms with Crippen LogP contribution in [0.15, 0.2) is 58.6 Å². The molecule has 20 heavy (non-hydrogen) atoms. The molecule has 0 atom stereocenters. The van der Waals surface area contributed by atoms with Gasteiger partial charge in [-0.3, -0.25) is 4.79 Å². The topological polar surface area (TPSA) is 29.1 Å². The molecular weight excluding hydrogens is 293 g/mol. The number of rotatable bonds is 5. The largest absolute Gasteiger partial charge is 0.322 e. The summed E-state index contributed by atoms with van der Waals surface area (Å²) >= 11 is 12.0. The highest BCUT2D eigenvalue weighted by atomic mass is 35.5. The summed E-state index contributed by atoms with van der Waals surface area (Å²) in [6, 6.07) is 7.62. The Balaban J connectivity index is 3.00. The fourth-order valence-electron chi connectivity index (χ4n) is 1.59. The van der Waals surface area contributed by atoms with Gasteiger partial charge in [0.1, 0.15) is 0 Å². The van der Waals surface area contributed by atoms with E-state index in [4.69, 9.17) is 23.2 Å². The van der Waals surface area contributed by atoms with Gasteiger partial charge >= 0.3 is 0 Å². The van der Waals surface area contributed by atoms with Crippen LogP contribution in [0.1, 0.15) is 19.4 Å². The van der Waals surface area contributed by atoms with Gasteiger partial charge in [0.05, 0.1) is 15.6 Å². The number of carbonyl (C=O) groups excluding carboxylic acids is 1. The highest BCUT2D eigenvalue weighted by molar-refractivity contribution is 6.41. The van der Waals surface area contributed by atoms with Crippen molar-refractivity contribution in [3.8, 4) is 0 Å². The number of amides is 1. The van der Waals surface area contributed by atoms with Gasteiger partial charge < -0.3 is 5.32 Å². The molecule has 0 radical (unpaired) electrons. The summed E-state index contributed by atoms with van der Waals surface area (Å²) in [4.78, 5) is 12.2. The van der Waals surface area contributed by atoms with Crippen LogP contribution in [0.5, 0.6) is 0 Å². The van der Waals surface area contributed by atoms with Crippen molar-refractivity contribution in [3.63, 3.8) is 0 Å². The van der Waals surface area contributed by atoms with E-state index < -0.39 is 0 Å². The zero-order chi connectivity index (χ0) is 15.1. The van der Waals surface area contributed by atoms with E-state index in [1.807, 2.05) is 24.3 Å². The number of carbonyl (C=O) groups is 1. The minimum Gasteiger partial charge on any atom is -0.322 e. The summed E-state index contributed by atoms with van der Waals surface area (Å²) in [6.07, 6.45) is 3.96.